The van der Waals surface area contributed by atoms with Crippen LogP contribution in [-0.2, 0) is 6.18 Å². The summed E-state index contributed by atoms with van der Waals surface area (Å²) in [5.74, 6) is 0. The Bertz CT molecular complexity index is 708. The van der Waals surface area contributed by atoms with Crippen LogP contribution in [0.1, 0.15) is 16.8 Å². The minimum Gasteiger partial charge on any atom is -0.283 e. The number of aromatic amines is 1. The molecule has 0 unspecified atom stereocenters. The molecule has 0 saturated heterocycles. The minimum absolute atomic E-state index is 0.103. The summed E-state index contributed by atoms with van der Waals surface area (Å²) in [5, 5.41) is 2.64. The SMILES string of the molecule is Cc1c(C)n(-c2c(Cl)cc(C(F)(F)F)cc2Cl)[nH]c1=S. The second-order valence-electron chi connectivity index (χ2n) is 4.27. The molecule has 0 saturated carbocycles. The van der Waals surface area contributed by atoms with Gasteiger partial charge < -0.3 is 0 Å². The van der Waals surface area contributed by atoms with E-state index in [0.29, 0.717) is 4.64 Å². The Hall–Kier alpha value is -0.980. The molecule has 2 rings (SSSR count). The smallest absolute Gasteiger partial charge is 0.283 e. The first-order valence-electron chi connectivity index (χ1n) is 5.47. The Kier molecular flexibility index (Phi) is 3.92. The topological polar surface area (TPSA) is 20.7 Å². The van der Waals surface area contributed by atoms with E-state index in [9.17, 15) is 13.2 Å². The van der Waals surface area contributed by atoms with Gasteiger partial charge in [0, 0.05) is 11.3 Å². The third kappa shape index (κ3) is 2.60. The van der Waals surface area contributed by atoms with Gasteiger partial charge in [-0.3, -0.25) is 9.78 Å². The van der Waals surface area contributed by atoms with Crippen molar-refractivity contribution in [2.24, 2.45) is 0 Å². The van der Waals surface area contributed by atoms with Crippen molar-refractivity contribution in [3.05, 3.63) is 43.6 Å². The zero-order chi connectivity index (χ0) is 15.2. The summed E-state index contributed by atoms with van der Waals surface area (Å²) in [5.41, 5.74) is 0.903. The van der Waals surface area contributed by atoms with Crippen LogP contribution in [0.2, 0.25) is 10.0 Å². The maximum Gasteiger partial charge on any atom is 0.416 e. The van der Waals surface area contributed by atoms with Gasteiger partial charge in [-0.15, -0.1) is 0 Å². The van der Waals surface area contributed by atoms with Gasteiger partial charge in [-0.25, -0.2) is 0 Å². The van der Waals surface area contributed by atoms with Gasteiger partial charge in [0.05, 0.1) is 21.3 Å². The van der Waals surface area contributed by atoms with Gasteiger partial charge in [0.2, 0.25) is 0 Å². The molecular weight excluding hydrogens is 332 g/mol. The molecule has 2 aromatic rings. The highest BCUT2D eigenvalue weighted by molar-refractivity contribution is 7.71. The number of benzene rings is 1. The summed E-state index contributed by atoms with van der Waals surface area (Å²) < 4.78 is 40.0. The van der Waals surface area contributed by atoms with E-state index in [2.05, 4.69) is 5.10 Å². The van der Waals surface area contributed by atoms with Gasteiger partial charge in [0.25, 0.3) is 0 Å². The largest absolute Gasteiger partial charge is 0.416 e. The van der Waals surface area contributed by atoms with Crippen molar-refractivity contribution < 1.29 is 13.2 Å². The van der Waals surface area contributed by atoms with Crippen LogP contribution in [-0.4, -0.2) is 9.78 Å². The van der Waals surface area contributed by atoms with Crippen LogP contribution in [0, 0.1) is 18.5 Å². The lowest BCUT2D eigenvalue weighted by Gasteiger charge is -2.14. The summed E-state index contributed by atoms with van der Waals surface area (Å²) >= 11 is 17.0. The van der Waals surface area contributed by atoms with E-state index >= 15 is 0 Å². The zero-order valence-corrected chi connectivity index (χ0v) is 12.7. The van der Waals surface area contributed by atoms with Gasteiger partial charge in [0.1, 0.15) is 4.64 Å². The third-order valence-corrected chi connectivity index (χ3v) is 3.97. The molecule has 20 heavy (non-hydrogen) atoms. The number of alkyl halides is 3. The van der Waals surface area contributed by atoms with Crippen molar-refractivity contribution in [1.82, 2.24) is 9.78 Å². The number of hydrogen-bond acceptors (Lipinski definition) is 1. The number of halogens is 5. The first-order valence-corrected chi connectivity index (χ1v) is 6.64. The van der Waals surface area contributed by atoms with E-state index in [1.807, 2.05) is 0 Å². The van der Waals surface area contributed by atoms with E-state index in [1.165, 1.54) is 4.68 Å². The zero-order valence-electron chi connectivity index (χ0n) is 10.4. The van der Waals surface area contributed by atoms with Crippen molar-refractivity contribution in [3.8, 4) is 5.69 Å². The summed E-state index contributed by atoms with van der Waals surface area (Å²) in [4.78, 5) is 0. The highest BCUT2D eigenvalue weighted by Gasteiger charge is 2.32. The van der Waals surface area contributed by atoms with Gasteiger partial charge in [0.15, 0.2) is 0 Å². The minimum atomic E-state index is -4.50. The van der Waals surface area contributed by atoms with Crippen molar-refractivity contribution in [2.75, 3.05) is 0 Å². The van der Waals surface area contributed by atoms with Crippen molar-refractivity contribution in [1.29, 1.82) is 0 Å². The molecule has 0 amide bonds. The first kappa shape index (κ1) is 15.4. The van der Waals surface area contributed by atoms with E-state index in [4.69, 9.17) is 35.4 Å². The molecule has 1 heterocycles. The van der Waals surface area contributed by atoms with Crippen molar-refractivity contribution in [3.63, 3.8) is 0 Å². The number of H-pyrrole nitrogens is 1. The average molecular weight is 341 g/mol. The lowest BCUT2D eigenvalue weighted by molar-refractivity contribution is -0.137. The fourth-order valence-corrected chi connectivity index (χ4v) is 2.66. The molecule has 108 valence electrons. The number of nitrogens with one attached hydrogen (secondary N) is 1. The van der Waals surface area contributed by atoms with Crippen molar-refractivity contribution in [2.45, 2.75) is 20.0 Å². The van der Waals surface area contributed by atoms with E-state index in [1.54, 1.807) is 13.8 Å². The van der Waals surface area contributed by atoms with Gasteiger partial charge in [-0.1, -0.05) is 35.4 Å². The molecule has 2 nitrogen and oxygen atoms in total. The molecule has 0 aliphatic rings. The Morgan fingerprint density at radius 1 is 1.15 bits per heavy atom. The van der Waals surface area contributed by atoms with Gasteiger partial charge >= 0.3 is 6.18 Å². The van der Waals surface area contributed by atoms with E-state index in [0.717, 1.165) is 23.4 Å². The predicted octanol–water partition coefficient (Wildman–Crippen LogP) is 5.48. The van der Waals surface area contributed by atoms with E-state index in [-0.39, 0.29) is 15.7 Å². The summed E-state index contributed by atoms with van der Waals surface area (Å²) in [6, 6.07) is 1.68. The van der Waals surface area contributed by atoms with Crippen LogP contribution >= 0.6 is 35.4 Å². The standard InChI is InChI=1S/C12H9Cl2F3N2S/c1-5-6(2)19(18-11(5)20)10-8(13)3-7(4-9(10)14)12(15,16)17/h3-4H,1-2H3,(H,18,20). The summed E-state index contributed by atoms with van der Waals surface area (Å²) in [6.07, 6.45) is -4.50. The van der Waals surface area contributed by atoms with Crippen molar-refractivity contribution >= 4 is 35.4 Å². The first-order chi connectivity index (χ1) is 9.12. The Morgan fingerprint density at radius 2 is 1.65 bits per heavy atom. The third-order valence-electron chi connectivity index (χ3n) is 3.00. The molecule has 1 aromatic heterocycles. The number of aromatic nitrogens is 2. The van der Waals surface area contributed by atoms with Gasteiger partial charge in [-0.2, -0.15) is 13.2 Å². The fraction of sp³-hybridized carbons (Fsp3) is 0.250. The molecule has 0 fully saturated rings. The lowest BCUT2D eigenvalue weighted by Crippen LogP contribution is -2.07. The summed E-state index contributed by atoms with van der Waals surface area (Å²) in [7, 11) is 0. The second-order valence-corrected chi connectivity index (χ2v) is 5.50. The summed E-state index contributed by atoms with van der Waals surface area (Å²) in [6.45, 7) is 3.57. The lowest BCUT2D eigenvalue weighted by atomic mass is 10.2. The highest BCUT2D eigenvalue weighted by Crippen LogP contribution is 2.37. The molecule has 0 spiro atoms. The maximum absolute atomic E-state index is 12.7. The highest BCUT2D eigenvalue weighted by atomic mass is 35.5. The van der Waals surface area contributed by atoms with Gasteiger partial charge in [-0.05, 0) is 26.0 Å². The molecule has 1 N–H and O–H groups in total. The van der Waals surface area contributed by atoms with Crippen LogP contribution in [0.4, 0.5) is 13.2 Å². The Morgan fingerprint density at radius 3 is 2.00 bits per heavy atom. The van der Waals surface area contributed by atoms with Crippen LogP contribution in [0.5, 0.6) is 0 Å². The molecule has 0 bridgehead atoms. The predicted molar refractivity (Wildman–Crippen MR) is 75.4 cm³/mol. The molecule has 0 atom stereocenters. The molecule has 8 heteroatoms. The maximum atomic E-state index is 12.7. The number of rotatable bonds is 1. The fourth-order valence-electron chi connectivity index (χ4n) is 1.77. The normalized spacial score (nSPS) is 11.9. The number of nitrogens with zero attached hydrogens (tertiary/aromatic N) is 1. The van der Waals surface area contributed by atoms with Crippen LogP contribution in [0.15, 0.2) is 12.1 Å². The monoisotopic (exact) mass is 340 g/mol. The van der Waals surface area contributed by atoms with Crippen LogP contribution < -0.4 is 0 Å². The number of hydrogen-bond donors (Lipinski definition) is 1. The van der Waals surface area contributed by atoms with Crippen LogP contribution in [0.25, 0.3) is 5.69 Å². The molecular formula is C12H9Cl2F3N2S. The average Bonchev–Trinajstić information content (AvgIpc) is 2.55. The Labute approximate surface area is 128 Å². The quantitative estimate of drug-likeness (QED) is 0.682. The Balaban J connectivity index is 2.70. The molecule has 0 aliphatic carbocycles. The second kappa shape index (κ2) is 5.09. The van der Waals surface area contributed by atoms with E-state index < -0.39 is 11.7 Å². The van der Waals surface area contributed by atoms with Crippen LogP contribution in [0.3, 0.4) is 0 Å². The molecule has 0 radical (unpaired) electrons. The molecule has 1 aromatic carbocycles. The molecule has 0 aliphatic heterocycles.